The summed E-state index contributed by atoms with van der Waals surface area (Å²) in [5, 5.41) is 10.6. The Morgan fingerprint density at radius 1 is 1.24 bits per heavy atom. The molecular formula is C13H18N2O2. The minimum Gasteiger partial charge on any atom is -0.369 e. The SMILES string of the molecule is CC1CCC(C)N(c2ccc([N+](=O)[O-])cc2)C1. The number of hydrogen-bond donors (Lipinski definition) is 0. The van der Waals surface area contributed by atoms with E-state index in [4.69, 9.17) is 0 Å². The third-order valence-corrected chi connectivity index (χ3v) is 3.51. The molecule has 2 atom stereocenters. The highest BCUT2D eigenvalue weighted by molar-refractivity contribution is 5.51. The van der Waals surface area contributed by atoms with Crippen LogP contribution in [0.25, 0.3) is 0 Å². The Hall–Kier alpha value is -1.58. The van der Waals surface area contributed by atoms with Crippen molar-refractivity contribution in [2.24, 2.45) is 5.92 Å². The van der Waals surface area contributed by atoms with E-state index in [1.165, 1.54) is 12.8 Å². The van der Waals surface area contributed by atoms with Crippen LogP contribution in [0.1, 0.15) is 26.7 Å². The van der Waals surface area contributed by atoms with E-state index < -0.39 is 0 Å². The Bertz CT molecular complexity index is 402. The molecule has 0 radical (unpaired) electrons. The molecule has 4 nitrogen and oxygen atoms in total. The predicted molar refractivity (Wildman–Crippen MR) is 68.3 cm³/mol. The van der Waals surface area contributed by atoms with Crippen molar-refractivity contribution in [3.05, 3.63) is 34.4 Å². The summed E-state index contributed by atoms with van der Waals surface area (Å²) < 4.78 is 0. The summed E-state index contributed by atoms with van der Waals surface area (Å²) in [5.74, 6) is 0.696. The fourth-order valence-corrected chi connectivity index (χ4v) is 2.41. The second kappa shape index (κ2) is 4.73. The molecule has 1 saturated heterocycles. The maximum absolute atomic E-state index is 10.6. The minimum atomic E-state index is -0.355. The predicted octanol–water partition coefficient (Wildman–Crippen LogP) is 3.22. The van der Waals surface area contributed by atoms with Gasteiger partial charge in [0.25, 0.3) is 5.69 Å². The second-order valence-corrected chi connectivity index (χ2v) is 4.96. The summed E-state index contributed by atoms with van der Waals surface area (Å²) in [4.78, 5) is 12.6. The molecule has 1 aromatic carbocycles. The molecule has 1 aromatic rings. The van der Waals surface area contributed by atoms with Crippen LogP contribution in [-0.4, -0.2) is 17.5 Å². The monoisotopic (exact) mass is 234 g/mol. The number of nitro benzene ring substituents is 1. The standard InChI is InChI=1S/C13H18N2O2/c1-10-3-4-11(2)14(9-10)12-5-7-13(8-6-12)15(16)17/h5-8,10-11H,3-4,9H2,1-2H3. The zero-order valence-electron chi connectivity index (χ0n) is 10.3. The summed E-state index contributed by atoms with van der Waals surface area (Å²) in [5.41, 5.74) is 1.25. The van der Waals surface area contributed by atoms with Crippen LogP contribution in [0.15, 0.2) is 24.3 Å². The maximum atomic E-state index is 10.6. The van der Waals surface area contributed by atoms with Crippen molar-refractivity contribution < 1.29 is 4.92 Å². The molecule has 0 aromatic heterocycles. The van der Waals surface area contributed by atoms with Crippen LogP contribution in [0, 0.1) is 16.0 Å². The van der Waals surface area contributed by atoms with E-state index in [-0.39, 0.29) is 10.6 Å². The Kier molecular flexibility index (Phi) is 3.31. The maximum Gasteiger partial charge on any atom is 0.269 e. The third kappa shape index (κ3) is 2.57. The highest BCUT2D eigenvalue weighted by atomic mass is 16.6. The molecule has 17 heavy (non-hydrogen) atoms. The summed E-state index contributed by atoms with van der Waals surface area (Å²) in [6.45, 7) is 5.51. The number of piperidine rings is 1. The summed E-state index contributed by atoms with van der Waals surface area (Å²) in [7, 11) is 0. The molecule has 1 aliphatic rings. The summed E-state index contributed by atoms with van der Waals surface area (Å²) >= 11 is 0. The van der Waals surface area contributed by atoms with E-state index >= 15 is 0 Å². The number of rotatable bonds is 2. The van der Waals surface area contributed by atoms with Gasteiger partial charge in [-0.3, -0.25) is 10.1 Å². The summed E-state index contributed by atoms with van der Waals surface area (Å²) in [6.07, 6.45) is 2.46. The molecule has 4 heteroatoms. The molecule has 92 valence electrons. The van der Waals surface area contributed by atoms with Crippen LogP contribution >= 0.6 is 0 Å². The van der Waals surface area contributed by atoms with Gasteiger partial charge in [0.1, 0.15) is 0 Å². The van der Waals surface area contributed by atoms with E-state index in [0.29, 0.717) is 12.0 Å². The van der Waals surface area contributed by atoms with Crippen molar-refractivity contribution in [2.45, 2.75) is 32.7 Å². The van der Waals surface area contributed by atoms with Crippen molar-refractivity contribution in [3.8, 4) is 0 Å². The number of non-ortho nitro benzene ring substituents is 1. The Balaban J connectivity index is 2.18. The number of nitro groups is 1. The van der Waals surface area contributed by atoms with Crippen molar-refractivity contribution in [2.75, 3.05) is 11.4 Å². The third-order valence-electron chi connectivity index (χ3n) is 3.51. The lowest BCUT2D eigenvalue weighted by atomic mass is 9.94. The van der Waals surface area contributed by atoms with Crippen molar-refractivity contribution >= 4 is 11.4 Å². The Labute approximate surface area is 101 Å². The van der Waals surface area contributed by atoms with Gasteiger partial charge in [-0.1, -0.05) is 6.92 Å². The van der Waals surface area contributed by atoms with Crippen LogP contribution < -0.4 is 4.90 Å². The molecule has 2 rings (SSSR count). The van der Waals surface area contributed by atoms with Crippen LogP contribution in [0.3, 0.4) is 0 Å². The van der Waals surface area contributed by atoms with Gasteiger partial charge in [0.05, 0.1) is 4.92 Å². The lowest BCUT2D eigenvalue weighted by molar-refractivity contribution is -0.384. The normalized spacial score (nSPS) is 24.7. The molecule has 0 bridgehead atoms. The Morgan fingerprint density at radius 2 is 1.88 bits per heavy atom. The first-order chi connectivity index (χ1) is 8.08. The molecule has 0 spiro atoms. The summed E-state index contributed by atoms with van der Waals surface area (Å²) in [6, 6.07) is 7.40. The molecule has 1 heterocycles. The second-order valence-electron chi connectivity index (χ2n) is 4.96. The molecule has 0 saturated carbocycles. The first kappa shape index (κ1) is 11.9. The molecule has 0 amide bonds. The molecule has 0 N–H and O–H groups in total. The van der Waals surface area contributed by atoms with Gasteiger partial charge in [-0.05, 0) is 37.8 Å². The lowest BCUT2D eigenvalue weighted by Crippen LogP contribution is -2.41. The van der Waals surface area contributed by atoms with Gasteiger partial charge in [-0.15, -0.1) is 0 Å². The van der Waals surface area contributed by atoms with Gasteiger partial charge in [0.15, 0.2) is 0 Å². The van der Waals surface area contributed by atoms with E-state index in [9.17, 15) is 10.1 Å². The lowest BCUT2D eigenvalue weighted by Gasteiger charge is -2.38. The van der Waals surface area contributed by atoms with E-state index in [1.54, 1.807) is 12.1 Å². The number of anilines is 1. The van der Waals surface area contributed by atoms with Gasteiger partial charge >= 0.3 is 0 Å². The van der Waals surface area contributed by atoms with Gasteiger partial charge < -0.3 is 4.90 Å². The molecule has 2 unspecified atom stereocenters. The highest BCUT2D eigenvalue weighted by Gasteiger charge is 2.23. The zero-order chi connectivity index (χ0) is 12.4. The van der Waals surface area contributed by atoms with Crippen LogP contribution in [0.4, 0.5) is 11.4 Å². The van der Waals surface area contributed by atoms with E-state index in [0.717, 1.165) is 12.2 Å². The van der Waals surface area contributed by atoms with Gasteiger partial charge in [-0.2, -0.15) is 0 Å². The molecular weight excluding hydrogens is 216 g/mol. The quantitative estimate of drug-likeness (QED) is 0.583. The smallest absolute Gasteiger partial charge is 0.269 e. The van der Waals surface area contributed by atoms with Crippen LogP contribution in [0.2, 0.25) is 0 Å². The minimum absolute atomic E-state index is 0.159. The fraction of sp³-hybridized carbons (Fsp3) is 0.538. The number of nitrogens with zero attached hydrogens (tertiary/aromatic N) is 2. The van der Waals surface area contributed by atoms with Crippen molar-refractivity contribution in [1.82, 2.24) is 0 Å². The van der Waals surface area contributed by atoms with Crippen molar-refractivity contribution in [1.29, 1.82) is 0 Å². The first-order valence-electron chi connectivity index (χ1n) is 6.09. The van der Waals surface area contributed by atoms with Gasteiger partial charge in [0.2, 0.25) is 0 Å². The highest BCUT2D eigenvalue weighted by Crippen LogP contribution is 2.28. The van der Waals surface area contributed by atoms with E-state index in [2.05, 4.69) is 18.7 Å². The average molecular weight is 234 g/mol. The molecule has 1 aliphatic heterocycles. The van der Waals surface area contributed by atoms with Gasteiger partial charge in [0, 0.05) is 30.4 Å². The zero-order valence-corrected chi connectivity index (χ0v) is 10.3. The molecule has 0 aliphatic carbocycles. The fourth-order valence-electron chi connectivity index (χ4n) is 2.41. The van der Waals surface area contributed by atoms with Crippen LogP contribution in [0.5, 0.6) is 0 Å². The first-order valence-corrected chi connectivity index (χ1v) is 6.09. The average Bonchev–Trinajstić information content (AvgIpc) is 2.32. The van der Waals surface area contributed by atoms with E-state index in [1.807, 2.05) is 12.1 Å². The van der Waals surface area contributed by atoms with Crippen molar-refractivity contribution in [3.63, 3.8) is 0 Å². The van der Waals surface area contributed by atoms with Gasteiger partial charge in [-0.25, -0.2) is 0 Å². The number of hydrogen-bond acceptors (Lipinski definition) is 3. The Morgan fingerprint density at radius 3 is 2.47 bits per heavy atom. The van der Waals surface area contributed by atoms with Crippen LogP contribution in [-0.2, 0) is 0 Å². The molecule has 1 fully saturated rings. The topological polar surface area (TPSA) is 46.4 Å². The largest absolute Gasteiger partial charge is 0.369 e. The number of benzene rings is 1.